The maximum atomic E-state index is 10.5. The molecule has 5 heteroatoms. The Morgan fingerprint density at radius 2 is 1.74 bits per heavy atom. The van der Waals surface area contributed by atoms with Crippen LogP contribution in [0.1, 0.15) is 11.1 Å². The summed E-state index contributed by atoms with van der Waals surface area (Å²) in [6, 6.07) is 14.2. The maximum Gasteiger partial charge on any atom is 0.269 e. The van der Waals surface area contributed by atoms with Crippen LogP contribution in [0.3, 0.4) is 0 Å². The van der Waals surface area contributed by atoms with E-state index in [9.17, 15) is 10.1 Å². The Bertz CT molecular complexity index is 570. The summed E-state index contributed by atoms with van der Waals surface area (Å²) in [7, 11) is 0. The fourth-order valence-electron chi connectivity index (χ4n) is 1.72. The fourth-order valence-corrected chi connectivity index (χ4v) is 1.92. The second kappa shape index (κ2) is 6.31. The number of nitrogens with zero attached hydrogens (tertiary/aromatic N) is 1. The normalized spacial score (nSPS) is 10.4. The van der Waals surface area contributed by atoms with Crippen LogP contribution in [-0.4, -0.2) is 4.92 Å². The lowest BCUT2D eigenvalue weighted by molar-refractivity contribution is -0.384. The lowest BCUT2D eigenvalue weighted by Crippen LogP contribution is -2.12. The molecule has 19 heavy (non-hydrogen) atoms. The van der Waals surface area contributed by atoms with Crippen molar-refractivity contribution in [3.8, 4) is 0 Å². The first-order valence-electron chi connectivity index (χ1n) is 5.84. The largest absolute Gasteiger partial charge is 0.309 e. The van der Waals surface area contributed by atoms with Gasteiger partial charge in [-0.1, -0.05) is 41.9 Å². The Balaban J connectivity index is 1.89. The molecule has 0 aromatic heterocycles. The average Bonchev–Trinajstić information content (AvgIpc) is 2.41. The van der Waals surface area contributed by atoms with Gasteiger partial charge < -0.3 is 5.32 Å². The second-order valence-corrected chi connectivity index (χ2v) is 4.53. The van der Waals surface area contributed by atoms with Crippen molar-refractivity contribution in [1.29, 1.82) is 0 Å². The van der Waals surface area contributed by atoms with Crippen molar-refractivity contribution >= 4 is 17.3 Å². The molecule has 2 aromatic rings. The van der Waals surface area contributed by atoms with E-state index < -0.39 is 4.92 Å². The van der Waals surface area contributed by atoms with Crippen molar-refractivity contribution in [3.05, 3.63) is 74.8 Å². The van der Waals surface area contributed by atoms with Crippen molar-refractivity contribution in [1.82, 2.24) is 5.32 Å². The molecule has 1 N–H and O–H groups in total. The lowest BCUT2D eigenvalue weighted by atomic mass is 10.2. The molecule has 0 bridgehead atoms. The predicted octanol–water partition coefficient (Wildman–Crippen LogP) is 3.54. The van der Waals surface area contributed by atoms with E-state index in [0.29, 0.717) is 13.1 Å². The van der Waals surface area contributed by atoms with Gasteiger partial charge in [0.15, 0.2) is 0 Å². The Kier molecular flexibility index (Phi) is 4.49. The molecular weight excluding hydrogens is 264 g/mol. The van der Waals surface area contributed by atoms with Gasteiger partial charge in [-0.05, 0) is 17.2 Å². The summed E-state index contributed by atoms with van der Waals surface area (Å²) < 4.78 is 0. The van der Waals surface area contributed by atoms with E-state index in [4.69, 9.17) is 11.6 Å². The first-order valence-corrected chi connectivity index (χ1v) is 6.22. The van der Waals surface area contributed by atoms with Crippen molar-refractivity contribution in [2.45, 2.75) is 13.1 Å². The highest BCUT2D eigenvalue weighted by Crippen LogP contribution is 2.15. The topological polar surface area (TPSA) is 55.2 Å². The monoisotopic (exact) mass is 276 g/mol. The van der Waals surface area contributed by atoms with Crippen LogP contribution in [0.25, 0.3) is 0 Å². The number of rotatable bonds is 5. The van der Waals surface area contributed by atoms with Crippen molar-refractivity contribution in [3.63, 3.8) is 0 Å². The molecule has 0 saturated heterocycles. The molecule has 0 aliphatic rings. The van der Waals surface area contributed by atoms with Gasteiger partial charge in [0.05, 0.1) is 4.92 Å². The number of benzene rings is 2. The highest BCUT2D eigenvalue weighted by molar-refractivity contribution is 6.31. The van der Waals surface area contributed by atoms with Crippen LogP contribution >= 0.6 is 11.6 Å². The number of nitrogens with one attached hydrogen (secondary N) is 1. The van der Waals surface area contributed by atoms with Crippen LogP contribution in [0.15, 0.2) is 48.5 Å². The van der Waals surface area contributed by atoms with Crippen molar-refractivity contribution in [2.24, 2.45) is 0 Å². The minimum absolute atomic E-state index is 0.106. The first-order chi connectivity index (χ1) is 9.16. The minimum Gasteiger partial charge on any atom is -0.309 e. The van der Waals surface area contributed by atoms with E-state index in [1.807, 2.05) is 24.3 Å². The minimum atomic E-state index is -0.402. The van der Waals surface area contributed by atoms with Gasteiger partial charge in [0.1, 0.15) is 0 Å². The Morgan fingerprint density at radius 3 is 2.37 bits per heavy atom. The molecule has 0 unspecified atom stereocenters. The van der Waals surface area contributed by atoms with Crippen molar-refractivity contribution in [2.75, 3.05) is 0 Å². The molecule has 0 fully saturated rings. The lowest BCUT2D eigenvalue weighted by Gasteiger charge is -2.06. The molecule has 0 atom stereocenters. The zero-order valence-electron chi connectivity index (χ0n) is 10.2. The molecule has 0 amide bonds. The van der Waals surface area contributed by atoms with Gasteiger partial charge in [0, 0.05) is 30.2 Å². The van der Waals surface area contributed by atoms with E-state index >= 15 is 0 Å². The number of halogens is 1. The molecule has 0 aliphatic carbocycles. The average molecular weight is 277 g/mol. The van der Waals surface area contributed by atoms with Gasteiger partial charge in [-0.15, -0.1) is 0 Å². The summed E-state index contributed by atoms with van der Waals surface area (Å²) in [5, 5.41) is 14.5. The summed E-state index contributed by atoms with van der Waals surface area (Å²) in [4.78, 5) is 10.1. The quantitative estimate of drug-likeness (QED) is 0.671. The molecular formula is C14H13ClN2O2. The van der Waals surface area contributed by atoms with Crippen LogP contribution in [0.5, 0.6) is 0 Å². The van der Waals surface area contributed by atoms with Gasteiger partial charge in [0.25, 0.3) is 5.69 Å². The smallest absolute Gasteiger partial charge is 0.269 e. The van der Waals surface area contributed by atoms with Crippen LogP contribution in [0.4, 0.5) is 5.69 Å². The highest BCUT2D eigenvalue weighted by Gasteiger charge is 2.04. The summed E-state index contributed by atoms with van der Waals surface area (Å²) >= 11 is 6.05. The molecule has 0 saturated carbocycles. The fraction of sp³-hybridized carbons (Fsp3) is 0.143. The standard InChI is InChI=1S/C14H13ClN2O2/c15-14-4-2-1-3-12(14)10-16-9-11-5-7-13(8-6-11)17(18)19/h1-8,16H,9-10H2. The molecule has 0 spiro atoms. The van der Waals surface area contributed by atoms with E-state index in [-0.39, 0.29) is 5.69 Å². The summed E-state index contributed by atoms with van der Waals surface area (Å²) in [5.41, 5.74) is 2.14. The van der Waals surface area contributed by atoms with Crippen LogP contribution < -0.4 is 5.32 Å². The van der Waals surface area contributed by atoms with Crippen LogP contribution in [0, 0.1) is 10.1 Å². The zero-order valence-corrected chi connectivity index (χ0v) is 10.9. The maximum absolute atomic E-state index is 10.5. The molecule has 0 heterocycles. The third-order valence-electron chi connectivity index (χ3n) is 2.75. The van der Waals surface area contributed by atoms with E-state index in [1.54, 1.807) is 12.1 Å². The molecule has 2 rings (SSSR count). The van der Waals surface area contributed by atoms with Crippen LogP contribution in [-0.2, 0) is 13.1 Å². The zero-order chi connectivity index (χ0) is 13.7. The SMILES string of the molecule is O=[N+]([O-])c1ccc(CNCc2ccccc2Cl)cc1. The Hall–Kier alpha value is -1.91. The predicted molar refractivity (Wildman–Crippen MR) is 75.1 cm³/mol. The Labute approximate surface area is 116 Å². The third kappa shape index (κ3) is 3.77. The molecule has 98 valence electrons. The number of hydrogen-bond acceptors (Lipinski definition) is 3. The molecule has 0 radical (unpaired) electrons. The number of non-ortho nitro benzene ring substituents is 1. The molecule has 0 aliphatic heterocycles. The van der Waals surface area contributed by atoms with Gasteiger partial charge in [-0.2, -0.15) is 0 Å². The van der Waals surface area contributed by atoms with Gasteiger partial charge in [-0.3, -0.25) is 10.1 Å². The molecule has 2 aromatic carbocycles. The van der Waals surface area contributed by atoms with Gasteiger partial charge >= 0.3 is 0 Å². The summed E-state index contributed by atoms with van der Waals surface area (Å²) in [6.07, 6.45) is 0. The third-order valence-corrected chi connectivity index (χ3v) is 3.12. The second-order valence-electron chi connectivity index (χ2n) is 4.12. The van der Waals surface area contributed by atoms with E-state index in [2.05, 4.69) is 5.32 Å². The van der Waals surface area contributed by atoms with E-state index in [0.717, 1.165) is 16.1 Å². The summed E-state index contributed by atoms with van der Waals surface area (Å²) in [5.74, 6) is 0. The number of hydrogen-bond donors (Lipinski definition) is 1. The Morgan fingerprint density at radius 1 is 1.05 bits per heavy atom. The molecule has 4 nitrogen and oxygen atoms in total. The van der Waals surface area contributed by atoms with Gasteiger partial charge in [0.2, 0.25) is 0 Å². The highest BCUT2D eigenvalue weighted by atomic mass is 35.5. The van der Waals surface area contributed by atoms with Crippen LogP contribution in [0.2, 0.25) is 5.02 Å². The first kappa shape index (κ1) is 13.5. The summed E-state index contributed by atoms with van der Waals surface area (Å²) in [6.45, 7) is 1.31. The van der Waals surface area contributed by atoms with Gasteiger partial charge in [-0.25, -0.2) is 0 Å². The van der Waals surface area contributed by atoms with E-state index in [1.165, 1.54) is 12.1 Å². The number of nitro benzene ring substituents is 1. The van der Waals surface area contributed by atoms with Crippen molar-refractivity contribution < 1.29 is 4.92 Å². The number of nitro groups is 1.